The second-order valence-corrected chi connectivity index (χ2v) is 8.48. The standard InChI is InChI=1S/C22H14Cl2N2O2S/c23-14-6-3-8-16(19(14)24)26-21(27)18(17-9-4-12-29-17)20(22(26)28)25-11-10-13-5-1-2-7-15(13)25/h1-9,12H,10-11H2. The van der Waals surface area contributed by atoms with Gasteiger partial charge in [0.2, 0.25) is 0 Å². The van der Waals surface area contributed by atoms with Crippen LogP contribution in [-0.4, -0.2) is 18.4 Å². The van der Waals surface area contributed by atoms with Gasteiger partial charge in [-0.05, 0) is 41.6 Å². The monoisotopic (exact) mass is 440 g/mol. The normalized spacial score (nSPS) is 16.2. The zero-order chi connectivity index (χ0) is 20.1. The minimum Gasteiger partial charge on any atom is -0.336 e. The molecule has 1 aromatic heterocycles. The van der Waals surface area contributed by atoms with Crippen molar-refractivity contribution in [1.82, 2.24) is 0 Å². The summed E-state index contributed by atoms with van der Waals surface area (Å²) in [5, 5.41) is 2.37. The first-order chi connectivity index (χ1) is 14.1. The van der Waals surface area contributed by atoms with E-state index in [1.165, 1.54) is 11.3 Å². The van der Waals surface area contributed by atoms with E-state index in [-0.39, 0.29) is 16.8 Å². The van der Waals surface area contributed by atoms with Gasteiger partial charge in [-0.1, -0.05) is 53.5 Å². The third-order valence-electron chi connectivity index (χ3n) is 5.16. The fourth-order valence-electron chi connectivity index (χ4n) is 3.87. The molecule has 2 amide bonds. The van der Waals surface area contributed by atoms with E-state index >= 15 is 0 Å². The molecular formula is C22H14Cl2N2O2S. The number of thiophene rings is 1. The van der Waals surface area contributed by atoms with Gasteiger partial charge >= 0.3 is 0 Å². The van der Waals surface area contributed by atoms with Gasteiger partial charge in [-0.2, -0.15) is 0 Å². The van der Waals surface area contributed by atoms with Crippen molar-refractivity contribution in [3.63, 3.8) is 0 Å². The number of fused-ring (bicyclic) bond motifs is 1. The highest BCUT2D eigenvalue weighted by Crippen LogP contribution is 2.43. The molecule has 3 aromatic rings. The first-order valence-electron chi connectivity index (χ1n) is 9.04. The molecule has 0 bridgehead atoms. The van der Waals surface area contributed by atoms with Gasteiger partial charge in [0.25, 0.3) is 11.8 Å². The highest BCUT2D eigenvalue weighted by Gasteiger charge is 2.45. The van der Waals surface area contributed by atoms with Crippen LogP contribution >= 0.6 is 34.5 Å². The number of carbonyl (C=O) groups excluding carboxylic acids is 2. The number of benzene rings is 2. The summed E-state index contributed by atoms with van der Waals surface area (Å²) in [6.45, 7) is 0.639. The smallest absolute Gasteiger partial charge is 0.282 e. The van der Waals surface area contributed by atoms with Crippen molar-refractivity contribution in [2.45, 2.75) is 6.42 Å². The molecular weight excluding hydrogens is 427 g/mol. The third kappa shape index (κ3) is 2.81. The first kappa shape index (κ1) is 18.4. The topological polar surface area (TPSA) is 40.6 Å². The second-order valence-electron chi connectivity index (χ2n) is 6.75. The van der Waals surface area contributed by atoms with Gasteiger partial charge in [-0.15, -0.1) is 11.3 Å². The van der Waals surface area contributed by atoms with Gasteiger partial charge in [0.15, 0.2) is 0 Å². The predicted molar refractivity (Wildman–Crippen MR) is 118 cm³/mol. The number of carbonyl (C=O) groups is 2. The highest BCUT2D eigenvalue weighted by molar-refractivity contribution is 7.11. The Morgan fingerprint density at radius 3 is 2.45 bits per heavy atom. The maximum atomic E-state index is 13.6. The van der Waals surface area contributed by atoms with Crippen molar-refractivity contribution < 1.29 is 9.59 Å². The Hall–Kier alpha value is -2.60. The van der Waals surface area contributed by atoms with Crippen molar-refractivity contribution in [2.75, 3.05) is 16.3 Å². The number of nitrogens with zero attached hydrogens (tertiary/aromatic N) is 2. The largest absolute Gasteiger partial charge is 0.336 e. The predicted octanol–water partition coefficient (Wildman–Crippen LogP) is 5.40. The van der Waals surface area contributed by atoms with E-state index in [1.54, 1.807) is 18.2 Å². The van der Waals surface area contributed by atoms with Gasteiger partial charge in [0.05, 0.1) is 21.3 Å². The fraction of sp³-hybridized carbons (Fsp3) is 0.0909. The van der Waals surface area contributed by atoms with Crippen molar-refractivity contribution in [3.8, 4) is 0 Å². The zero-order valence-corrected chi connectivity index (χ0v) is 17.4. The quantitative estimate of drug-likeness (QED) is 0.511. The van der Waals surface area contributed by atoms with E-state index in [9.17, 15) is 9.59 Å². The lowest BCUT2D eigenvalue weighted by Gasteiger charge is -2.22. The average molecular weight is 441 g/mol. The molecule has 0 atom stereocenters. The molecule has 0 saturated carbocycles. The number of halogens is 2. The van der Waals surface area contributed by atoms with Crippen LogP contribution < -0.4 is 9.80 Å². The molecule has 144 valence electrons. The van der Waals surface area contributed by atoms with E-state index in [2.05, 4.69) is 0 Å². The minimum absolute atomic E-state index is 0.185. The lowest BCUT2D eigenvalue weighted by Crippen LogP contribution is -2.35. The summed E-state index contributed by atoms with van der Waals surface area (Å²) >= 11 is 13.9. The van der Waals surface area contributed by atoms with Crippen LogP contribution in [0.3, 0.4) is 0 Å². The Morgan fingerprint density at radius 1 is 0.862 bits per heavy atom. The molecule has 0 N–H and O–H groups in total. The van der Waals surface area contributed by atoms with Crippen molar-refractivity contribution >= 4 is 63.3 Å². The SMILES string of the molecule is O=C1C(c2cccs2)=C(N2CCc3ccccc32)C(=O)N1c1cccc(Cl)c1Cl. The van der Waals surface area contributed by atoms with Gasteiger partial charge in [0.1, 0.15) is 5.70 Å². The summed E-state index contributed by atoms with van der Waals surface area (Å²) in [4.78, 5) is 30.9. The van der Waals surface area contributed by atoms with Crippen LogP contribution in [0.25, 0.3) is 5.57 Å². The summed E-state index contributed by atoms with van der Waals surface area (Å²) < 4.78 is 0. The second kappa shape index (κ2) is 7.02. The van der Waals surface area contributed by atoms with Crippen molar-refractivity contribution in [2.24, 2.45) is 0 Å². The molecule has 0 saturated heterocycles. The summed E-state index contributed by atoms with van der Waals surface area (Å²) in [6, 6.07) is 16.6. The molecule has 2 aromatic carbocycles. The summed E-state index contributed by atoms with van der Waals surface area (Å²) in [7, 11) is 0. The van der Waals surface area contributed by atoms with Gasteiger partial charge in [-0.25, -0.2) is 4.90 Å². The molecule has 2 aliphatic rings. The number of amides is 2. The lowest BCUT2D eigenvalue weighted by molar-refractivity contribution is -0.120. The van der Waals surface area contributed by atoms with Crippen LogP contribution in [0, 0.1) is 0 Å². The highest BCUT2D eigenvalue weighted by atomic mass is 35.5. The molecule has 0 unspecified atom stereocenters. The van der Waals surface area contributed by atoms with Crippen LogP contribution in [0.2, 0.25) is 10.0 Å². The van der Waals surface area contributed by atoms with Crippen LogP contribution in [0.4, 0.5) is 11.4 Å². The fourth-order valence-corrected chi connectivity index (χ4v) is 5.01. The maximum absolute atomic E-state index is 13.6. The van der Waals surface area contributed by atoms with Crippen LogP contribution in [-0.2, 0) is 16.0 Å². The number of hydrogen-bond acceptors (Lipinski definition) is 4. The molecule has 7 heteroatoms. The summed E-state index contributed by atoms with van der Waals surface area (Å²) in [6.07, 6.45) is 0.816. The zero-order valence-electron chi connectivity index (χ0n) is 15.1. The molecule has 0 aliphatic carbocycles. The lowest BCUT2D eigenvalue weighted by atomic mass is 10.1. The molecule has 0 radical (unpaired) electrons. The van der Waals surface area contributed by atoms with Crippen LogP contribution in [0.1, 0.15) is 10.4 Å². The Morgan fingerprint density at radius 2 is 1.66 bits per heavy atom. The summed E-state index contributed by atoms with van der Waals surface area (Å²) in [5.41, 5.74) is 3.20. The molecule has 0 fully saturated rings. The molecule has 29 heavy (non-hydrogen) atoms. The Labute approximate surface area is 181 Å². The molecule has 4 nitrogen and oxygen atoms in total. The molecule has 5 rings (SSSR count). The average Bonchev–Trinajstić information content (AvgIpc) is 3.43. The van der Waals surface area contributed by atoms with Crippen molar-refractivity contribution in [3.05, 3.63) is 86.2 Å². The number of para-hydroxylation sites is 1. The van der Waals surface area contributed by atoms with E-state index < -0.39 is 0 Å². The van der Waals surface area contributed by atoms with Gasteiger partial charge < -0.3 is 4.90 Å². The molecule has 3 heterocycles. The van der Waals surface area contributed by atoms with E-state index in [1.807, 2.05) is 46.7 Å². The Balaban J connectivity index is 1.69. The van der Waals surface area contributed by atoms with Crippen LogP contribution in [0.5, 0.6) is 0 Å². The molecule has 0 spiro atoms. The molecule has 2 aliphatic heterocycles. The van der Waals surface area contributed by atoms with E-state index in [0.717, 1.165) is 27.4 Å². The number of imide groups is 1. The number of rotatable bonds is 3. The number of hydrogen-bond donors (Lipinski definition) is 0. The van der Waals surface area contributed by atoms with Crippen LogP contribution in [0.15, 0.2) is 65.7 Å². The Kier molecular flexibility index (Phi) is 4.46. The van der Waals surface area contributed by atoms with E-state index in [0.29, 0.717) is 28.5 Å². The van der Waals surface area contributed by atoms with E-state index in [4.69, 9.17) is 23.2 Å². The van der Waals surface area contributed by atoms with Gasteiger partial charge in [0, 0.05) is 17.1 Å². The maximum Gasteiger partial charge on any atom is 0.282 e. The summed E-state index contributed by atoms with van der Waals surface area (Å²) in [5.74, 6) is -0.778. The third-order valence-corrected chi connectivity index (χ3v) is 6.85. The number of anilines is 2. The Bertz CT molecular complexity index is 1190. The first-order valence-corrected chi connectivity index (χ1v) is 10.7. The van der Waals surface area contributed by atoms with Crippen molar-refractivity contribution in [1.29, 1.82) is 0 Å². The van der Waals surface area contributed by atoms with Gasteiger partial charge in [-0.3, -0.25) is 9.59 Å². The minimum atomic E-state index is -0.390.